The molecule has 1 heterocycles. The van der Waals surface area contributed by atoms with Crippen molar-refractivity contribution in [2.45, 2.75) is 0 Å². The van der Waals surface area contributed by atoms with E-state index in [2.05, 4.69) is 11.1 Å². The lowest BCUT2D eigenvalue weighted by atomic mass is 9.97. The van der Waals surface area contributed by atoms with Gasteiger partial charge in [0.25, 0.3) is 0 Å². The van der Waals surface area contributed by atoms with Crippen LogP contribution in [0.25, 0.3) is 22.4 Å². The topological polar surface area (TPSA) is 90.4 Å². The van der Waals surface area contributed by atoms with Crippen LogP contribution in [0.2, 0.25) is 0 Å². The van der Waals surface area contributed by atoms with Gasteiger partial charge in [-0.15, -0.1) is 0 Å². The molecule has 2 aromatic carbocycles. The molecule has 6 nitrogen and oxygen atoms in total. The number of anilines is 1. The van der Waals surface area contributed by atoms with E-state index in [0.717, 1.165) is 0 Å². The van der Waals surface area contributed by atoms with Crippen molar-refractivity contribution in [3.63, 3.8) is 0 Å². The van der Waals surface area contributed by atoms with Crippen molar-refractivity contribution >= 4 is 5.82 Å². The quantitative estimate of drug-likeness (QED) is 0.720. The van der Waals surface area contributed by atoms with Crippen molar-refractivity contribution in [3.8, 4) is 45.7 Å². The SMILES string of the molecule is COc1cc(OC)c(-c2cc(-c3ccccc3F)nc(N)c2C#N)cc1OC. The van der Waals surface area contributed by atoms with Gasteiger partial charge in [0.05, 0.1) is 27.0 Å². The molecule has 0 saturated carbocycles. The first-order valence-electron chi connectivity index (χ1n) is 8.29. The number of halogens is 1. The van der Waals surface area contributed by atoms with E-state index < -0.39 is 5.82 Å². The van der Waals surface area contributed by atoms with E-state index in [4.69, 9.17) is 19.9 Å². The zero-order chi connectivity index (χ0) is 20.3. The molecular weight excluding hydrogens is 361 g/mol. The summed E-state index contributed by atoms with van der Waals surface area (Å²) >= 11 is 0. The molecule has 0 radical (unpaired) electrons. The van der Waals surface area contributed by atoms with Crippen LogP contribution in [0.5, 0.6) is 17.2 Å². The molecule has 0 fully saturated rings. The average molecular weight is 379 g/mol. The van der Waals surface area contributed by atoms with Gasteiger partial charge in [-0.05, 0) is 24.3 Å². The molecule has 3 aromatic rings. The van der Waals surface area contributed by atoms with Crippen LogP contribution in [0.1, 0.15) is 5.56 Å². The summed E-state index contributed by atoms with van der Waals surface area (Å²) in [5.41, 5.74) is 7.76. The second-order valence-electron chi connectivity index (χ2n) is 5.81. The van der Waals surface area contributed by atoms with Gasteiger partial charge >= 0.3 is 0 Å². The first-order valence-corrected chi connectivity index (χ1v) is 8.29. The fourth-order valence-corrected chi connectivity index (χ4v) is 2.94. The molecule has 0 unspecified atom stereocenters. The number of benzene rings is 2. The lowest BCUT2D eigenvalue weighted by Gasteiger charge is -2.16. The van der Waals surface area contributed by atoms with E-state index in [1.807, 2.05) is 0 Å². The lowest BCUT2D eigenvalue weighted by molar-refractivity contribution is 0.349. The smallest absolute Gasteiger partial charge is 0.164 e. The molecular formula is C21H18FN3O3. The van der Waals surface area contributed by atoms with Crippen LogP contribution in [0, 0.1) is 17.1 Å². The summed E-state index contributed by atoms with van der Waals surface area (Å²) in [7, 11) is 4.52. The number of hydrogen-bond donors (Lipinski definition) is 1. The Labute approximate surface area is 161 Å². The number of nitrogen functional groups attached to an aromatic ring is 1. The van der Waals surface area contributed by atoms with Gasteiger partial charge in [0.1, 0.15) is 29.0 Å². The zero-order valence-electron chi connectivity index (χ0n) is 15.6. The second-order valence-corrected chi connectivity index (χ2v) is 5.81. The third-order valence-corrected chi connectivity index (χ3v) is 4.30. The van der Waals surface area contributed by atoms with Crippen molar-refractivity contribution in [2.24, 2.45) is 0 Å². The maximum Gasteiger partial charge on any atom is 0.164 e. The van der Waals surface area contributed by atoms with Crippen LogP contribution < -0.4 is 19.9 Å². The van der Waals surface area contributed by atoms with Crippen molar-refractivity contribution < 1.29 is 18.6 Å². The van der Waals surface area contributed by atoms with Crippen molar-refractivity contribution in [2.75, 3.05) is 27.1 Å². The van der Waals surface area contributed by atoms with Crippen molar-refractivity contribution in [3.05, 3.63) is 53.8 Å². The summed E-state index contributed by atoms with van der Waals surface area (Å²) in [4.78, 5) is 4.21. The number of aromatic nitrogens is 1. The molecule has 0 aliphatic heterocycles. The minimum Gasteiger partial charge on any atom is -0.496 e. The summed E-state index contributed by atoms with van der Waals surface area (Å²) in [6, 6.07) is 13.2. The average Bonchev–Trinajstić information content (AvgIpc) is 2.72. The van der Waals surface area contributed by atoms with Crippen LogP contribution in [0.3, 0.4) is 0 Å². The molecule has 142 valence electrons. The number of nitrogens with two attached hydrogens (primary N) is 1. The van der Waals surface area contributed by atoms with Gasteiger partial charge in [-0.2, -0.15) is 5.26 Å². The summed E-state index contributed by atoms with van der Waals surface area (Å²) in [6.07, 6.45) is 0. The summed E-state index contributed by atoms with van der Waals surface area (Å²) in [6.45, 7) is 0. The Morgan fingerprint density at radius 2 is 1.54 bits per heavy atom. The third kappa shape index (κ3) is 3.28. The molecule has 0 aliphatic carbocycles. The highest BCUT2D eigenvalue weighted by Crippen LogP contribution is 2.42. The van der Waals surface area contributed by atoms with Crippen LogP contribution in [-0.2, 0) is 0 Å². The second kappa shape index (κ2) is 7.84. The number of hydrogen-bond acceptors (Lipinski definition) is 6. The van der Waals surface area contributed by atoms with Crippen molar-refractivity contribution in [1.29, 1.82) is 5.26 Å². The van der Waals surface area contributed by atoms with Gasteiger partial charge in [-0.25, -0.2) is 9.37 Å². The summed E-state index contributed by atoms with van der Waals surface area (Å²) in [5.74, 6) is 0.918. The normalized spacial score (nSPS) is 10.2. The maximum absolute atomic E-state index is 14.3. The highest BCUT2D eigenvalue weighted by atomic mass is 19.1. The van der Waals surface area contributed by atoms with Gasteiger partial charge in [-0.3, -0.25) is 0 Å². The van der Waals surface area contributed by atoms with Gasteiger partial charge in [0.2, 0.25) is 0 Å². The summed E-state index contributed by atoms with van der Waals surface area (Å²) in [5, 5.41) is 9.63. The number of rotatable bonds is 5. The van der Waals surface area contributed by atoms with Gasteiger partial charge in [0, 0.05) is 22.8 Å². The maximum atomic E-state index is 14.3. The van der Waals surface area contributed by atoms with Gasteiger partial charge in [-0.1, -0.05) is 12.1 Å². The standard InChI is InChI=1S/C21H18FN3O3/c1-26-18-10-20(28-3)19(27-2)9-14(18)13-8-17(25-21(24)15(13)11-23)12-6-4-5-7-16(12)22/h4-10H,1-3H3,(H2,24,25). The van der Waals surface area contributed by atoms with E-state index in [-0.39, 0.29) is 16.9 Å². The Bertz CT molecular complexity index is 1080. The van der Waals surface area contributed by atoms with E-state index >= 15 is 0 Å². The molecule has 0 spiro atoms. The van der Waals surface area contributed by atoms with E-state index in [0.29, 0.717) is 34.1 Å². The Kier molecular flexibility index (Phi) is 5.32. The highest BCUT2D eigenvalue weighted by Gasteiger charge is 2.20. The molecule has 3 rings (SSSR count). The predicted molar refractivity (Wildman–Crippen MR) is 104 cm³/mol. The van der Waals surface area contributed by atoms with Crippen LogP contribution in [0.4, 0.5) is 10.2 Å². The minimum absolute atomic E-state index is 0.00455. The molecule has 0 atom stereocenters. The van der Waals surface area contributed by atoms with E-state index in [1.165, 1.54) is 27.4 Å². The molecule has 2 N–H and O–H groups in total. The Hall–Kier alpha value is -3.79. The molecule has 7 heteroatoms. The van der Waals surface area contributed by atoms with Gasteiger partial charge in [0.15, 0.2) is 11.5 Å². The number of nitriles is 1. The number of methoxy groups -OCH3 is 3. The Morgan fingerprint density at radius 1 is 0.893 bits per heavy atom. The predicted octanol–water partition coefficient (Wildman–Crippen LogP) is 4.03. The first-order chi connectivity index (χ1) is 13.5. The number of nitrogens with zero attached hydrogens (tertiary/aromatic N) is 2. The third-order valence-electron chi connectivity index (χ3n) is 4.30. The number of ether oxygens (including phenoxy) is 3. The molecule has 0 amide bonds. The molecule has 0 bridgehead atoms. The fourth-order valence-electron chi connectivity index (χ4n) is 2.94. The minimum atomic E-state index is -0.440. The molecule has 1 aromatic heterocycles. The lowest BCUT2D eigenvalue weighted by Crippen LogP contribution is -2.02. The Balaban J connectivity index is 2.33. The molecule has 0 aliphatic rings. The largest absolute Gasteiger partial charge is 0.496 e. The van der Waals surface area contributed by atoms with E-state index in [1.54, 1.807) is 36.4 Å². The first kappa shape index (κ1) is 19.0. The fraction of sp³-hybridized carbons (Fsp3) is 0.143. The highest BCUT2D eigenvalue weighted by molar-refractivity contribution is 5.84. The molecule has 28 heavy (non-hydrogen) atoms. The van der Waals surface area contributed by atoms with Crippen LogP contribution >= 0.6 is 0 Å². The monoisotopic (exact) mass is 379 g/mol. The van der Waals surface area contributed by atoms with E-state index in [9.17, 15) is 9.65 Å². The zero-order valence-corrected chi connectivity index (χ0v) is 15.6. The Morgan fingerprint density at radius 3 is 2.14 bits per heavy atom. The van der Waals surface area contributed by atoms with Gasteiger partial charge < -0.3 is 19.9 Å². The summed E-state index contributed by atoms with van der Waals surface area (Å²) < 4.78 is 30.4. The van der Waals surface area contributed by atoms with Crippen LogP contribution in [-0.4, -0.2) is 26.3 Å². The molecule has 0 saturated heterocycles. The number of pyridine rings is 1. The van der Waals surface area contributed by atoms with Crippen LogP contribution in [0.15, 0.2) is 42.5 Å². The van der Waals surface area contributed by atoms with Crippen molar-refractivity contribution in [1.82, 2.24) is 4.98 Å².